The average Bonchev–Trinajstić information content (AvgIpc) is 2.99. The monoisotopic (exact) mass is 651 g/mol. The van der Waals surface area contributed by atoms with Gasteiger partial charge in [0.2, 0.25) is 5.91 Å². The van der Waals surface area contributed by atoms with Crippen LogP contribution in [-0.4, -0.2) is 65.0 Å². The Morgan fingerprint density at radius 1 is 1.09 bits per heavy atom. The van der Waals surface area contributed by atoms with E-state index in [2.05, 4.69) is 21.3 Å². The number of amides is 2. The number of anilines is 1. The number of carboxylic acids is 1. The highest BCUT2D eigenvalue weighted by atomic mass is 32.1. The lowest BCUT2D eigenvalue weighted by Gasteiger charge is -2.23. The number of nitrogens with one attached hydrogen (secondary N) is 5. The van der Waals surface area contributed by atoms with Gasteiger partial charge in [0.1, 0.15) is 18.1 Å². The summed E-state index contributed by atoms with van der Waals surface area (Å²) in [6, 6.07) is 8.36. The molecule has 1 aromatic rings. The lowest BCUT2D eigenvalue weighted by Crippen LogP contribution is -2.45. The maximum absolute atomic E-state index is 12.6. The number of carbonyl (C=O) groups excluding carboxylic acids is 2. The summed E-state index contributed by atoms with van der Waals surface area (Å²) in [7, 11) is 0. The third kappa shape index (κ3) is 8.72. The van der Waals surface area contributed by atoms with Crippen molar-refractivity contribution >= 4 is 53.0 Å². The molecule has 4 rings (SSSR count). The van der Waals surface area contributed by atoms with E-state index in [-0.39, 0.29) is 46.7 Å². The van der Waals surface area contributed by atoms with Gasteiger partial charge >= 0.3 is 12.1 Å². The summed E-state index contributed by atoms with van der Waals surface area (Å²) in [6.45, 7) is -0.0263. The quantitative estimate of drug-likeness (QED) is 0.0589. The van der Waals surface area contributed by atoms with Crippen molar-refractivity contribution in [3.05, 3.63) is 69.3 Å². The molecule has 3 aliphatic rings. The molecule has 15 nitrogen and oxygen atoms in total. The normalized spacial score (nSPS) is 12.7. The largest absolute Gasteiger partial charge is 0.512 e. The van der Waals surface area contributed by atoms with Gasteiger partial charge in [-0.25, -0.2) is 9.59 Å². The zero-order valence-corrected chi connectivity index (χ0v) is 25.3. The van der Waals surface area contributed by atoms with Gasteiger partial charge in [-0.3, -0.25) is 15.0 Å². The third-order valence-electron chi connectivity index (χ3n) is 6.99. The van der Waals surface area contributed by atoms with Gasteiger partial charge in [-0.1, -0.05) is 6.07 Å². The second kappa shape index (κ2) is 14.9. The maximum Gasteiger partial charge on any atom is 0.404 e. The van der Waals surface area contributed by atoms with E-state index < -0.39 is 24.0 Å². The van der Waals surface area contributed by atoms with Gasteiger partial charge in [-0.05, 0) is 61.3 Å². The van der Waals surface area contributed by atoms with Crippen LogP contribution in [0.25, 0.3) is 28.5 Å². The van der Waals surface area contributed by atoms with Crippen LogP contribution < -0.4 is 38.2 Å². The molecule has 2 amide bonds. The minimum atomic E-state index is -1.21. The zero-order valence-electron chi connectivity index (χ0n) is 24.5. The van der Waals surface area contributed by atoms with Crippen LogP contribution in [-0.2, 0) is 16.0 Å². The van der Waals surface area contributed by atoms with Gasteiger partial charge in [0.25, 0.3) is 0 Å². The Morgan fingerprint density at radius 2 is 1.85 bits per heavy atom. The molecular formula is C30H33N7O8S. The molecule has 0 bridgehead atoms. The van der Waals surface area contributed by atoms with E-state index >= 15 is 0 Å². The molecule has 0 saturated heterocycles. The third-order valence-corrected chi connectivity index (χ3v) is 7.24. The maximum atomic E-state index is 12.6. The van der Waals surface area contributed by atoms with Crippen LogP contribution in [0, 0.1) is 5.41 Å². The molecule has 1 atom stereocenters. The number of primary amides is 1. The van der Waals surface area contributed by atoms with Crippen LogP contribution in [0.2, 0.25) is 0 Å². The van der Waals surface area contributed by atoms with Gasteiger partial charge in [-0.15, -0.1) is 0 Å². The van der Waals surface area contributed by atoms with E-state index in [0.29, 0.717) is 65.9 Å². The highest BCUT2D eigenvalue weighted by Gasteiger charge is 2.26. The van der Waals surface area contributed by atoms with E-state index in [9.17, 15) is 29.4 Å². The van der Waals surface area contributed by atoms with Crippen molar-refractivity contribution in [2.45, 2.75) is 31.7 Å². The first-order chi connectivity index (χ1) is 21.9. The van der Waals surface area contributed by atoms with Crippen molar-refractivity contribution in [2.24, 2.45) is 11.5 Å². The minimum Gasteiger partial charge on any atom is -0.512 e. The zero-order chi connectivity index (χ0) is 33.4. The van der Waals surface area contributed by atoms with Crippen LogP contribution in [0.4, 0.5) is 10.5 Å². The van der Waals surface area contributed by atoms with Crippen LogP contribution in [0.1, 0.15) is 40.9 Å². The molecule has 46 heavy (non-hydrogen) atoms. The molecule has 0 spiro atoms. The summed E-state index contributed by atoms with van der Waals surface area (Å²) in [5, 5.41) is 38.5. The van der Waals surface area contributed by atoms with Crippen molar-refractivity contribution in [3.8, 4) is 22.5 Å². The Hall–Kier alpha value is -5.64. The van der Waals surface area contributed by atoms with E-state index in [1.54, 1.807) is 18.2 Å². The van der Waals surface area contributed by atoms with Crippen molar-refractivity contribution < 1.29 is 33.8 Å². The highest BCUT2D eigenvalue weighted by molar-refractivity contribution is 7.80. The summed E-state index contributed by atoms with van der Waals surface area (Å²) in [4.78, 5) is 48.1. The van der Waals surface area contributed by atoms with Crippen LogP contribution >= 0.6 is 12.2 Å². The lowest BCUT2D eigenvalue weighted by atomic mass is 9.86. The number of carboxylic acid groups (broad SMARTS) is 1. The second-order valence-corrected chi connectivity index (χ2v) is 10.8. The van der Waals surface area contributed by atoms with E-state index in [1.807, 2.05) is 0 Å². The summed E-state index contributed by atoms with van der Waals surface area (Å²) in [5.41, 5.74) is 12.5. The molecule has 1 heterocycles. The Morgan fingerprint density at radius 3 is 2.57 bits per heavy atom. The summed E-state index contributed by atoms with van der Waals surface area (Å²) >= 11 is 5.32. The molecule has 2 aliphatic carbocycles. The number of rotatable bonds is 12. The van der Waals surface area contributed by atoms with Crippen molar-refractivity contribution in [1.29, 1.82) is 5.41 Å². The Labute approximate surface area is 267 Å². The van der Waals surface area contributed by atoms with Gasteiger partial charge < -0.3 is 52.1 Å². The average molecular weight is 652 g/mol. The molecule has 0 fully saturated rings. The predicted molar refractivity (Wildman–Crippen MR) is 174 cm³/mol. The number of hydrogen-bond acceptors (Lipinski definition) is 9. The van der Waals surface area contributed by atoms with E-state index in [0.717, 1.165) is 0 Å². The van der Waals surface area contributed by atoms with E-state index in [4.69, 9.17) is 38.2 Å². The SMILES string of the molecule is N=C(N)NCCC[C@@H](COC(N)=O)NC(=O)CNC(=S)Nc1ccc(-c2c3ccc(=O)cc-3oc3c2CCC(O)=C3)c(C(=O)O)c1. The van der Waals surface area contributed by atoms with Crippen molar-refractivity contribution in [3.63, 3.8) is 0 Å². The Balaban J connectivity index is 1.48. The summed E-state index contributed by atoms with van der Waals surface area (Å²) < 4.78 is 10.7. The standard InChI is InChI=1S/C30H33N7O8S/c31-28(32)34-9-1-2-16(14-44-29(33)43)36-25(40)13-35-30(46)37-15-3-6-19(22(10-15)27(41)42)26-20-7-4-17(38)11-23(20)45-24-12-18(39)5-8-21(24)26/h3-4,6-7,10-12,16,39H,1-2,5,8-9,13-14H2,(H2,33,43)(H,36,40)(H,41,42)(H4,31,32,34)(H2,35,37,46)/t16-/m0/s1. The molecule has 1 aliphatic heterocycles. The lowest BCUT2D eigenvalue weighted by molar-refractivity contribution is -0.121. The van der Waals surface area contributed by atoms with Crippen LogP contribution in [0.15, 0.2) is 51.4 Å². The first kappa shape index (κ1) is 33.3. The molecule has 16 heteroatoms. The fourth-order valence-corrected chi connectivity index (χ4v) is 5.18. The van der Waals surface area contributed by atoms with Crippen molar-refractivity contribution in [1.82, 2.24) is 16.0 Å². The number of aromatic carboxylic acids is 1. The van der Waals surface area contributed by atoms with Gasteiger partial charge in [0.15, 0.2) is 16.5 Å². The summed E-state index contributed by atoms with van der Waals surface area (Å²) in [5.74, 6) is -1.15. The summed E-state index contributed by atoms with van der Waals surface area (Å²) in [6.07, 6.45) is 2.12. The molecular weight excluding hydrogens is 618 g/mol. The Bertz CT molecular complexity index is 1740. The molecule has 11 N–H and O–H groups in total. The molecule has 0 radical (unpaired) electrons. The minimum absolute atomic E-state index is 0.0414. The van der Waals surface area contributed by atoms with Crippen molar-refractivity contribution in [2.75, 3.05) is 25.0 Å². The van der Waals surface area contributed by atoms with Gasteiger partial charge in [0, 0.05) is 47.5 Å². The number of ether oxygens (including phenoxy) is 1. The second-order valence-electron chi connectivity index (χ2n) is 10.4. The highest BCUT2D eigenvalue weighted by Crippen LogP contribution is 2.43. The number of nitrogens with two attached hydrogens (primary N) is 2. The molecule has 242 valence electrons. The number of aliphatic hydroxyl groups excluding tert-OH is 1. The smallest absolute Gasteiger partial charge is 0.404 e. The van der Waals surface area contributed by atoms with Gasteiger partial charge in [0.05, 0.1) is 23.9 Å². The number of guanidine groups is 1. The molecule has 0 unspecified atom stereocenters. The van der Waals surface area contributed by atoms with Gasteiger partial charge in [-0.2, -0.15) is 0 Å². The molecule has 1 aromatic carbocycles. The number of aliphatic hydroxyl groups is 1. The van der Waals surface area contributed by atoms with Crippen LogP contribution in [0.5, 0.6) is 0 Å². The van der Waals surface area contributed by atoms with Crippen LogP contribution in [0.3, 0.4) is 0 Å². The first-order valence-electron chi connectivity index (χ1n) is 14.1. The number of thiocarbonyl (C=S) groups is 1. The first-order valence-corrected chi connectivity index (χ1v) is 14.5. The fraction of sp³-hybridized carbons (Fsp3) is 0.267. The fourth-order valence-electron chi connectivity index (χ4n) is 4.99. The number of carbonyl (C=O) groups is 3. The molecule has 0 aromatic heterocycles. The van der Waals surface area contributed by atoms with E-state index in [1.165, 1.54) is 24.3 Å². The predicted octanol–water partition coefficient (Wildman–Crippen LogP) is 2.08. The molecule has 0 saturated carbocycles. The Kier molecular flexibility index (Phi) is 10.8. The number of allylic oxidation sites excluding steroid dienone is 1. The topological polar surface area (TPSA) is 255 Å². The number of benzene rings is 2. The number of fused-ring (bicyclic) bond motifs is 2. The number of hydrogen-bond donors (Lipinski definition) is 9.